The van der Waals surface area contributed by atoms with E-state index in [2.05, 4.69) is 16.0 Å². The van der Waals surface area contributed by atoms with Gasteiger partial charge in [0.2, 0.25) is 5.91 Å². The highest BCUT2D eigenvalue weighted by atomic mass is 16.2. The van der Waals surface area contributed by atoms with Crippen LogP contribution in [0.5, 0.6) is 0 Å². The Labute approximate surface area is 81.6 Å². The van der Waals surface area contributed by atoms with Crippen LogP contribution in [0.2, 0.25) is 0 Å². The summed E-state index contributed by atoms with van der Waals surface area (Å²) >= 11 is 0. The number of carbonyl (C=O) groups is 2. The highest BCUT2D eigenvalue weighted by Gasteiger charge is 1.98. The van der Waals surface area contributed by atoms with Crippen molar-refractivity contribution in [2.24, 2.45) is 5.73 Å². The van der Waals surface area contributed by atoms with E-state index in [1.54, 1.807) is 6.07 Å². The lowest BCUT2D eigenvalue weighted by Gasteiger charge is -2.04. The summed E-state index contributed by atoms with van der Waals surface area (Å²) in [5, 5.41) is 15.6. The van der Waals surface area contributed by atoms with E-state index in [1.165, 1.54) is 0 Å². The molecule has 0 atom stereocenters. The van der Waals surface area contributed by atoms with Gasteiger partial charge in [0, 0.05) is 13.1 Å². The number of amides is 3. The maximum absolute atomic E-state index is 10.9. The van der Waals surface area contributed by atoms with Crippen LogP contribution in [-0.4, -0.2) is 38.1 Å². The van der Waals surface area contributed by atoms with Gasteiger partial charge in [0.1, 0.15) is 6.54 Å². The van der Waals surface area contributed by atoms with Crippen LogP contribution in [0.25, 0.3) is 0 Å². The molecular weight excluding hydrogens is 186 g/mol. The van der Waals surface area contributed by atoms with E-state index >= 15 is 0 Å². The Bertz CT molecular complexity index is 235. The lowest BCUT2D eigenvalue weighted by Crippen LogP contribution is -2.39. The highest BCUT2D eigenvalue weighted by Crippen LogP contribution is 1.64. The molecule has 0 saturated heterocycles. The topological polar surface area (TPSA) is 120 Å². The molecule has 14 heavy (non-hydrogen) atoms. The maximum Gasteiger partial charge on any atom is 0.312 e. The minimum Gasteiger partial charge on any atom is -0.352 e. The van der Waals surface area contributed by atoms with E-state index in [0.29, 0.717) is 13.1 Å². The van der Waals surface area contributed by atoms with Crippen LogP contribution in [-0.2, 0) is 4.79 Å². The number of nitrogens with two attached hydrogens (primary N) is 1. The van der Waals surface area contributed by atoms with Gasteiger partial charge < -0.3 is 21.7 Å². The number of nitriles is 1. The molecule has 78 valence electrons. The quantitative estimate of drug-likeness (QED) is 0.289. The third-order valence-electron chi connectivity index (χ3n) is 1.25. The van der Waals surface area contributed by atoms with Crippen molar-refractivity contribution in [1.82, 2.24) is 16.0 Å². The molecule has 0 fully saturated rings. The summed E-state index contributed by atoms with van der Waals surface area (Å²) in [7, 11) is 0. The van der Waals surface area contributed by atoms with Crippen LogP contribution in [0.4, 0.5) is 4.79 Å². The van der Waals surface area contributed by atoms with Crippen LogP contribution >= 0.6 is 0 Å². The van der Waals surface area contributed by atoms with Crippen molar-refractivity contribution >= 4 is 11.9 Å². The molecule has 0 radical (unpaired) electrons. The molecule has 0 unspecified atom stereocenters. The largest absolute Gasteiger partial charge is 0.352 e. The van der Waals surface area contributed by atoms with Crippen molar-refractivity contribution in [2.45, 2.75) is 0 Å². The van der Waals surface area contributed by atoms with Gasteiger partial charge in [-0.1, -0.05) is 0 Å². The fourth-order valence-electron chi connectivity index (χ4n) is 0.677. The number of urea groups is 1. The minimum absolute atomic E-state index is 0.0000489. The van der Waals surface area contributed by atoms with E-state index in [0.717, 1.165) is 0 Å². The first-order chi connectivity index (χ1) is 6.66. The number of primary amides is 1. The van der Waals surface area contributed by atoms with Crippen molar-refractivity contribution < 1.29 is 9.59 Å². The number of rotatable bonds is 6. The van der Waals surface area contributed by atoms with Crippen LogP contribution in [0.1, 0.15) is 0 Å². The van der Waals surface area contributed by atoms with Crippen LogP contribution in [0.15, 0.2) is 0 Å². The molecule has 0 spiro atoms. The molecule has 0 aliphatic carbocycles. The zero-order chi connectivity index (χ0) is 10.8. The summed E-state index contributed by atoms with van der Waals surface area (Å²) < 4.78 is 0. The standard InChI is InChI=1S/C7H13N5O2/c8-1-2-11-6(13)5-10-3-4-12-7(9)14/h10H,2-5H2,(H,11,13)(H3,9,12,14). The van der Waals surface area contributed by atoms with Gasteiger partial charge in [-0.3, -0.25) is 4.79 Å². The average Bonchev–Trinajstić information content (AvgIpc) is 2.13. The second kappa shape index (κ2) is 7.82. The molecule has 0 aromatic rings. The van der Waals surface area contributed by atoms with E-state index in [-0.39, 0.29) is 19.0 Å². The van der Waals surface area contributed by atoms with Crippen LogP contribution in [0, 0.1) is 11.3 Å². The maximum atomic E-state index is 10.9. The van der Waals surface area contributed by atoms with Gasteiger partial charge in [-0.15, -0.1) is 0 Å². The number of nitrogens with zero attached hydrogens (tertiary/aromatic N) is 1. The van der Waals surface area contributed by atoms with Gasteiger partial charge in [0.05, 0.1) is 12.6 Å². The van der Waals surface area contributed by atoms with Gasteiger partial charge in [0.15, 0.2) is 0 Å². The summed E-state index contributed by atoms with van der Waals surface area (Å²) in [4.78, 5) is 21.1. The van der Waals surface area contributed by atoms with Crippen molar-refractivity contribution in [3.8, 4) is 6.07 Å². The van der Waals surface area contributed by atoms with Gasteiger partial charge in [0.25, 0.3) is 0 Å². The lowest BCUT2D eigenvalue weighted by molar-refractivity contribution is -0.119. The molecular formula is C7H13N5O2. The first-order valence-corrected chi connectivity index (χ1v) is 4.04. The fraction of sp³-hybridized carbons (Fsp3) is 0.571. The summed E-state index contributed by atoms with van der Waals surface area (Å²) in [6.07, 6.45) is 0. The molecule has 0 aliphatic heterocycles. The predicted molar refractivity (Wildman–Crippen MR) is 49.1 cm³/mol. The Balaban J connectivity index is 3.24. The first kappa shape index (κ1) is 12.2. The molecule has 7 heteroatoms. The Kier molecular flexibility index (Phi) is 6.81. The Morgan fingerprint density at radius 3 is 2.57 bits per heavy atom. The van der Waals surface area contributed by atoms with E-state index in [9.17, 15) is 9.59 Å². The minimum atomic E-state index is -0.597. The Morgan fingerprint density at radius 1 is 1.29 bits per heavy atom. The summed E-state index contributed by atoms with van der Waals surface area (Å²) in [6.45, 7) is 0.923. The third kappa shape index (κ3) is 8.29. The predicted octanol–water partition coefficient (Wildman–Crippen LogP) is -2.12. The van der Waals surface area contributed by atoms with Gasteiger partial charge >= 0.3 is 6.03 Å². The molecule has 0 heterocycles. The first-order valence-electron chi connectivity index (χ1n) is 4.04. The van der Waals surface area contributed by atoms with E-state index in [4.69, 9.17) is 11.0 Å². The number of carbonyl (C=O) groups excluding carboxylic acids is 2. The Hall–Kier alpha value is -1.81. The van der Waals surface area contributed by atoms with Crippen molar-refractivity contribution in [3.05, 3.63) is 0 Å². The Morgan fingerprint density at radius 2 is 2.00 bits per heavy atom. The fourth-order valence-corrected chi connectivity index (χ4v) is 0.677. The summed E-state index contributed by atoms with van der Waals surface area (Å²) in [6, 6.07) is 1.19. The SMILES string of the molecule is N#CCNC(=O)CNCCNC(N)=O. The number of hydrogen-bond donors (Lipinski definition) is 4. The highest BCUT2D eigenvalue weighted by molar-refractivity contribution is 5.78. The van der Waals surface area contributed by atoms with Gasteiger partial charge in [-0.05, 0) is 0 Å². The average molecular weight is 199 g/mol. The van der Waals surface area contributed by atoms with Crippen LogP contribution < -0.4 is 21.7 Å². The molecule has 0 rings (SSSR count). The second-order valence-corrected chi connectivity index (χ2v) is 2.40. The molecule has 7 nitrogen and oxygen atoms in total. The summed E-state index contributed by atoms with van der Waals surface area (Å²) in [5.41, 5.74) is 4.81. The van der Waals surface area contributed by atoms with Crippen molar-refractivity contribution in [3.63, 3.8) is 0 Å². The third-order valence-corrected chi connectivity index (χ3v) is 1.25. The molecule has 0 aromatic heterocycles. The lowest BCUT2D eigenvalue weighted by atomic mass is 10.5. The molecule has 3 amide bonds. The molecule has 0 aromatic carbocycles. The van der Waals surface area contributed by atoms with E-state index < -0.39 is 6.03 Å². The van der Waals surface area contributed by atoms with Crippen molar-refractivity contribution in [2.75, 3.05) is 26.2 Å². The molecule has 5 N–H and O–H groups in total. The van der Waals surface area contributed by atoms with E-state index in [1.807, 2.05) is 0 Å². The summed E-state index contributed by atoms with van der Waals surface area (Å²) in [5.74, 6) is -0.259. The van der Waals surface area contributed by atoms with Gasteiger partial charge in [-0.2, -0.15) is 5.26 Å². The molecule has 0 bridgehead atoms. The second-order valence-electron chi connectivity index (χ2n) is 2.40. The normalized spacial score (nSPS) is 8.79. The zero-order valence-corrected chi connectivity index (χ0v) is 7.67. The van der Waals surface area contributed by atoms with Crippen molar-refractivity contribution in [1.29, 1.82) is 5.26 Å². The van der Waals surface area contributed by atoms with Gasteiger partial charge in [-0.25, -0.2) is 4.79 Å². The monoisotopic (exact) mass is 199 g/mol. The zero-order valence-electron chi connectivity index (χ0n) is 7.67. The molecule has 0 saturated carbocycles. The number of hydrogen-bond acceptors (Lipinski definition) is 4. The smallest absolute Gasteiger partial charge is 0.312 e. The van der Waals surface area contributed by atoms with Crippen LogP contribution in [0.3, 0.4) is 0 Å². The number of nitrogens with one attached hydrogen (secondary N) is 3. The molecule has 0 aliphatic rings.